The highest BCUT2D eigenvalue weighted by Gasteiger charge is 2.24. The van der Waals surface area contributed by atoms with Gasteiger partial charge in [0, 0.05) is 48.6 Å². The largest absolute Gasteiger partial charge is 0.494 e. The molecular formula is C23H27N3O4S. The minimum Gasteiger partial charge on any atom is -0.494 e. The SMILES string of the molecule is O=C1CCc2cc(OCCCC(=O)N3CCC(NC(=O)c4ccsc4)CC3)ccc2N1. The molecule has 1 aromatic carbocycles. The van der Waals surface area contributed by atoms with Gasteiger partial charge >= 0.3 is 0 Å². The molecule has 0 unspecified atom stereocenters. The topological polar surface area (TPSA) is 87.7 Å². The van der Waals surface area contributed by atoms with Gasteiger partial charge in [-0.3, -0.25) is 14.4 Å². The van der Waals surface area contributed by atoms with E-state index in [9.17, 15) is 14.4 Å². The van der Waals surface area contributed by atoms with Crippen LogP contribution in [-0.4, -0.2) is 48.4 Å². The lowest BCUT2D eigenvalue weighted by atomic mass is 10.0. The number of amides is 3. The Morgan fingerprint density at radius 3 is 2.81 bits per heavy atom. The van der Waals surface area contributed by atoms with Crippen LogP contribution in [0, 0.1) is 0 Å². The van der Waals surface area contributed by atoms with Crippen LogP contribution >= 0.6 is 11.3 Å². The molecule has 0 saturated carbocycles. The highest BCUT2D eigenvalue weighted by Crippen LogP contribution is 2.27. The Morgan fingerprint density at radius 2 is 2.03 bits per heavy atom. The summed E-state index contributed by atoms with van der Waals surface area (Å²) in [5.41, 5.74) is 2.64. The van der Waals surface area contributed by atoms with E-state index in [-0.39, 0.29) is 23.8 Å². The van der Waals surface area contributed by atoms with E-state index in [4.69, 9.17) is 4.74 Å². The molecule has 0 radical (unpaired) electrons. The van der Waals surface area contributed by atoms with Crippen molar-refractivity contribution in [1.29, 1.82) is 0 Å². The molecule has 1 saturated heterocycles. The van der Waals surface area contributed by atoms with Gasteiger partial charge in [-0.05, 0) is 60.9 Å². The van der Waals surface area contributed by atoms with Crippen molar-refractivity contribution in [3.05, 3.63) is 46.2 Å². The zero-order valence-corrected chi connectivity index (χ0v) is 18.2. The van der Waals surface area contributed by atoms with Gasteiger partial charge in [-0.15, -0.1) is 0 Å². The van der Waals surface area contributed by atoms with E-state index in [0.717, 1.165) is 36.3 Å². The van der Waals surface area contributed by atoms with Gasteiger partial charge in [0.1, 0.15) is 5.75 Å². The monoisotopic (exact) mass is 441 g/mol. The zero-order valence-electron chi connectivity index (χ0n) is 17.4. The number of piperidine rings is 1. The van der Waals surface area contributed by atoms with Crippen molar-refractivity contribution in [3.8, 4) is 5.75 Å². The van der Waals surface area contributed by atoms with Gasteiger partial charge in [0.2, 0.25) is 11.8 Å². The fourth-order valence-electron chi connectivity index (χ4n) is 3.96. The lowest BCUT2D eigenvalue weighted by molar-refractivity contribution is -0.132. The lowest BCUT2D eigenvalue weighted by Gasteiger charge is -2.32. The van der Waals surface area contributed by atoms with Gasteiger partial charge in [-0.1, -0.05) is 0 Å². The quantitative estimate of drug-likeness (QED) is 0.646. The molecule has 3 heterocycles. The number of rotatable bonds is 7. The molecule has 2 aromatic rings. The minimum atomic E-state index is -0.0345. The van der Waals surface area contributed by atoms with Crippen LogP contribution in [0.5, 0.6) is 5.75 Å². The maximum absolute atomic E-state index is 12.5. The molecule has 0 spiro atoms. The molecule has 0 bridgehead atoms. The third-order valence-electron chi connectivity index (χ3n) is 5.74. The Labute approximate surface area is 185 Å². The third kappa shape index (κ3) is 5.64. The summed E-state index contributed by atoms with van der Waals surface area (Å²) in [6.45, 7) is 1.82. The van der Waals surface area contributed by atoms with Gasteiger partial charge < -0.3 is 20.3 Å². The van der Waals surface area contributed by atoms with Gasteiger partial charge in [0.25, 0.3) is 5.91 Å². The van der Waals surface area contributed by atoms with E-state index in [1.165, 1.54) is 11.3 Å². The number of nitrogens with one attached hydrogen (secondary N) is 2. The van der Waals surface area contributed by atoms with Crippen LogP contribution in [0.1, 0.15) is 48.0 Å². The van der Waals surface area contributed by atoms with E-state index < -0.39 is 0 Å². The van der Waals surface area contributed by atoms with Gasteiger partial charge in [0.15, 0.2) is 0 Å². The number of ether oxygens (including phenoxy) is 1. The van der Waals surface area contributed by atoms with Crippen molar-refractivity contribution >= 4 is 34.7 Å². The molecule has 4 rings (SSSR count). The fourth-order valence-corrected chi connectivity index (χ4v) is 4.59. The number of carbonyl (C=O) groups excluding carboxylic acids is 3. The van der Waals surface area contributed by atoms with Gasteiger partial charge in [-0.2, -0.15) is 11.3 Å². The molecule has 2 aliphatic heterocycles. The maximum Gasteiger partial charge on any atom is 0.252 e. The molecule has 2 N–H and O–H groups in total. The number of fused-ring (bicyclic) bond motifs is 1. The van der Waals surface area contributed by atoms with Crippen LogP contribution in [0.25, 0.3) is 0 Å². The molecule has 1 aromatic heterocycles. The van der Waals surface area contributed by atoms with E-state index in [1.807, 2.05) is 39.9 Å². The number of benzene rings is 1. The zero-order chi connectivity index (χ0) is 21.6. The second-order valence-corrected chi connectivity index (χ2v) is 8.74. The molecule has 31 heavy (non-hydrogen) atoms. The molecule has 0 aliphatic carbocycles. The van der Waals surface area contributed by atoms with Crippen molar-refractivity contribution in [2.45, 2.75) is 44.6 Å². The fraction of sp³-hybridized carbons (Fsp3) is 0.435. The van der Waals surface area contributed by atoms with Crippen LogP contribution in [0.15, 0.2) is 35.0 Å². The number of aryl methyl sites for hydroxylation is 1. The first kappa shape index (κ1) is 21.4. The molecule has 2 aliphatic rings. The number of hydrogen-bond donors (Lipinski definition) is 2. The first-order chi connectivity index (χ1) is 15.1. The average molecular weight is 442 g/mol. The Hall–Kier alpha value is -2.87. The van der Waals surface area contributed by atoms with E-state index in [1.54, 1.807) is 0 Å². The van der Waals surface area contributed by atoms with Crippen molar-refractivity contribution in [1.82, 2.24) is 10.2 Å². The molecule has 8 heteroatoms. The summed E-state index contributed by atoms with van der Waals surface area (Å²) in [6.07, 6.45) is 3.89. The summed E-state index contributed by atoms with van der Waals surface area (Å²) in [5.74, 6) is 0.921. The predicted octanol–water partition coefficient (Wildman–Crippen LogP) is 3.21. The average Bonchev–Trinajstić information content (AvgIpc) is 3.32. The smallest absolute Gasteiger partial charge is 0.252 e. The van der Waals surface area contributed by atoms with Crippen LogP contribution < -0.4 is 15.4 Å². The minimum absolute atomic E-state index is 0.0345. The summed E-state index contributed by atoms with van der Waals surface area (Å²) in [6, 6.07) is 7.62. The molecule has 3 amide bonds. The van der Waals surface area contributed by atoms with Crippen molar-refractivity contribution in [3.63, 3.8) is 0 Å². The summed E-state index contributed by atoms with van der Waals surface area (Å²) in [4.78, 5) is 38.0. The normalized spacial score (nSPS) is 16.4. The number of hydrogen-bond acceptors (Lipinski definition) is 5. The van der Waals surface area contributed by atoms with Crippen LogP contribution in [0.3, 0.4) is 0 Å². The highest BCUT2D eigenvalue weighted by atomic mass is 32.1. The number of likely N-dealkylation sites (tertiary alicyclic amines) is 1. The van der Waals surface area contributed by atoms with E-state index in [2.05, 4.69) is 10.6 Å². The van der Waals surface area contributed by atoms with Crippen LogP contribution in [0.2, 0.25) is 0 Å². The Balaban J connectivity index is 1.14. The van der Waals surface area contributed by atoms with Crippen molar-refractivity contribution in [2.75, 3.05) is 25.0 Å². The second kappa shape index (κ2) is 9.96. The molecule has 164 valence electrons. The summed E-state index contributed by atoms with van der Waals surface area (Å²) >= 11 is 1.51. The Bertz CT molecular complexity index is 936. The highest BCUT2D eigenvalue weighted by molar-refractivity contribution is 7.08. The Kier molecular flexibility index (Phi) is 6.86. The standard InChI is InChI=1S/C23H27N3O4S/c27-21-6-3-16-14-19(4-5-20(16)25-21)30-12-1-2-22(28)26-10-7-18(8-11-26)24-23(29)17-9-13-31-15-17/h4-5,9,13-15,18H,1-3,6-8,10-12H2,(H,24,29)(H,25,27). The number of anilines is 1. The van der Waals surface area contributed by atoms with E-state index >= 15 is 0 Å². The number of thiophene rings is 1. The summed E-state index contributed by atoms with van der Waals surface area (Å²) < 4.78 is 5.80. The van der Waals surface area contributed by atoms with Crippen molar-refractivity contribution < 1.29 is 19.1 Å². The maximum atomic E-state index is 12.5. The van der Waals surface area contributed by atoms with Crippen LogP contribution in [0.4, 0.5) is 5.69 Å². The number of carbonyl (C=O) groups is 3. The molecular weight excluding hydrogens is 414 g/mol. The van der Waals surface area contributed by atoms with E-state index in [0.29, 0.717) is 44.5 Å². The molecule has 1 fully saturated rings. The van der Waals surface area contributed by atoms with Gasteiger partial charge in [-0.25, -0.2) is 0 Å². The number of nitrogens with zero attached hydrogens (tertiary/aromatic N) is 1. The predicted molar refractivity (Wildman–Crippen MR) is 120 cm³/mol. The first-order valence-electron chi connectivity index (χ1n) is 10.7. The van der Waals surface area contributed by atoms with Crippen molar-refractivity contribution in [2.24, 2.45) is 0 Å². The summed E-state index contributed by atoms with van der Waals surface area (Å²) in [5, 5.41) is 9.66. The third-order valence-corrected chi connectivity index (χ3v) is 6.43. The molecule has 7 nitrogen and oxygen atoms in total. The van der Waals surface area contributed by atoms with Gasteiger partial charge in [0.05, 0.1) is 6.61 Å². The lowest BCUT2D eigenvalue weighted by Crippen LogP contribution is -2.46. The summed E-state index contributed by atoms with van der Waals surface area (Å²) in [7, 11) is 0. The second-order valence-electron chi connectivity index (χ2n) is 7.96. The first-order valence-corrected chi connectivity index (χ1v) is 11.7. The molecule has 0 atom stereocenters. The van der Waals surface area contributed by atoms with Crippen LogP contribution in [-0.2, 0) is 16.0 Å². The Morgan fingerprint density at radius 1 is 1.19 bits per heavy atom.